The summed E-state index contributed by atoms with van der Waals surface area (Å²) in [6, 6.07) is 2.20. The van der Waals surface area contributed by atoms with Crippen LogP contribution in [0.4, 0.5) is 0 Å². The van der Waals surface area contributed by atoms with Crippen LogP contribution in [0.15, 0.2) is 18.5 Å². The van der Waals surface area contributed by atoms with Crippen LogP contribution >= 0.6 is 0 Å². The zero-order valence-corrected chi connectivity index (χ0v) is 18.1. The molecule has 2 aromatic rings. The molecule has 0 bridgehead atoms. The van der Waals surface area contributed by atoms with Gasteiger partial charge in [0.1, 0.15) is 6.10 Å². The van der Waals surface area contributed by atoms with Crippen molar-refractivity contribution >= 4 is 5.91 Å². The lowest BCUT2D eigenvalue weighted by Crippen LogP contribution is -2.52. The maximum atomic E-state index is 12.8. The van der Waals surface area contributed by atoms with Gasteiger partial charge in [-0.25, -0.2) is 9.97 Å². The summed E-state index contributed by atoms with van der Waals surface area (Å²) in [7, 11) is 1.95. The zero-order valence-electron chi connectivity index (χ0n) is 18.1. The van der Waals surface area contributed by atoms with Crippen molar-refractivity contribution in [1.29, 1.82) is 0 Å². The van der Waals surface area contributed by atoms with Crippen molar-refractivity contribution in [2.45, 2.75) is 64.1 Å². The molecule has 1 unspecified atom stereocenters. The van der Waals surface area contributed by atoms with E-state index in [0.717, 1.165) is 56.6 Å². The molecule has 0 saturated carbocycles. The van der Waals surface area contributed by atoms with E-state index in [-0.39, 0.29) is 17.6 Å². The van der Waals surface area contributed by atoms with Gasteiger partial charge in [0.2, 0.25) is 5.91 Å². The summed E-state index contributed by atoms with van der Waals surface area (Å²) in [6.45, 7) is 6.21. The molecule has 0 aromatic carbocycles. The minimum Gasteiger partial charge on any atom is -0.460 e. The van der Waals surface area contributed by atoms with Crippen molar-refractivity contribution in [2.24, 2.45) is 7.05 Å². The molecular weight excluding hydrogens is 382 g/mol. The Morgan fingerprint density at radius 1 is 1.27 bits per heavy atom. The van der Waals surface area contributed by atoms with Gasteiger partial charge in [-0.05, 0) is 44.7 Å². The second-order valence-electron chi connectivity index (χ2n) is 8.45. The average Bonchev–Trinajstić information content (AvgIpc) is 2.99. The van der Waals surface area contributed by atoms with Crippen molar-refractivity contribution in [3.8, 4) is 6.01 Å². The Morgan fingerprint density at radius 3 is 2.67 bits per heavy atom. The summed E-state index contributed by atoms with van der Waals surface area (Å²) >= 11 is 0. The predicted molar refractivity (Wildman–Crippen MR) is 111 cm³/mol. The Bertz CT molecular complexity index is 874. The molecule has 0 aliphatic carbocycles. The van der Waals surface area contributed by atoms with Crippen molar-refractivity contribution in [3.05, 3.63) is 35.4 Å². The molecular formula is C22H31N5O3. The molecule has 2 saturated heterocycles. The van der Waals surface area contributed by atoms with E-state index in [1.165, 1.54) is 5.56 Å². The molecule has 2 aliphatic heterocycles. The highest BCUT2D eigenvalue weighted by Crippen LogP contribution is 2.36. The molecule has 2 aliphatic rings. The molecule has 30 heavy (non-hydrogen) atoms. The standard InChI is InChI=1S/C22H31N5O3/c1-16-19(17(2)26(3)25-16)5-6-20(28)27-12-8-22(9-13-27)15-18(7-14-29-22)30-21-23-10-4-11-24-21/h4,10-11,18H,5-9,12-15H2,1-3H3. The SMILES string of the molecule is Cc1nn(C)c(C)c1CCC(=O)N1CCC2(CC1)CC(Oc1ncccn1)CCO2. The van der Waals surface area contributed by atoms with Crippen LogP contribution in [0.1, 0.15) is 49.1 Å². The maximum Gasteiger partial charge on any atom is 0.316 e. The molecule has 0 N–H and O–H groups in total. The summed E-state index contributed by atoms with van der Waals surface area (Å²) < 4.78 is 14.1. The van der Waals surface area contributed by atoms with Crippen LogP contribution in [0.5, 0.6) is 6.01 Å². The number of likely N-dealkylation sites (tertiary alicyclic amines) is 1. The highest BCUT2D eigenvalue weighted by molar-refractivity contribution is 5.76. The van der Waals surface area contributed by atoms with Gasteiger partial charge in [0.15, 0.2) is 0 Å². The fourth-order valence-corrected chi connectivity index (χ4v) is 4.66. The topological polar surface area (TPSA) is 82.4 Å². The smallest absolute Gasteiger partial charge is 0.316 e. The van der Waals surface area contributed by atoms with Gasteiger partial charge in [-0.15, -0.1) is 0 Å². The number of hydrogen-bond acceptors (Lipinski definition) is 6. The highest BCUT2D eigenvalue weighted by Gasteiger charge is 2.42. The van der Waals surface area contributed by atoms with E-state index < -0.39 is 0 Å². The van der Waals surface area contributed by atoms with Crippen molar-refractivity contribution in [3.63, 3.8) is 0 Å². The number of hydrogen-bond donors (Lipinski definition) is 0. The van der Waals surface area contributed by atoms with E-state index in [4.69, 9.17) is 9.47 Å². The van der Waals surface area contributed by atoms with E-state index >= 15 is 0 Å². The second-order valence-corrected chi connectivity index (χ2v) is 8.45. The molecule has 8 heteroatoms. The Labute approximate surface area is 177 Å². The van der Waals surface area contributed by atoms with E-state index in [1.807, 2.05) is 23.6 Å². The zero-order chi connectivity index (χ0) is 21.1. The summed E-state index contributed by atoms with van der Waals surface area (Å²) in [4.78, 5) is 23.1. The average molecular weight is 414 g/mol. The van der Waals surface area contributed by atoms with Gasteiger partial charge in [0, 0.05) is 57.5 Å². The number of carbonyl (C=O) groups excluding carboxylic acids is 1. The minimum atomic E-state index is -0.203. The van der Waals surface area contributed by atoms with Gasteiger partial charge in [0.25, 0.3) is 0 Å². The number of rotatable bonds is 5. The first-order chi connectivity index (χ1) is 14.5. The lowest BCUT2D eigenvalue weighted by atomic mass is 9.83. The van der Waals surface area contributed by atoms with Crippen LogP contribution in [-0.2, 0) is 23.0 Å². The number of aromatic nitrogens is 4. The molecule has 2 fully saturated rings. The van der Waals surface area contributed by atoms with Gasteiger partial charge in [-0.3, -0.25) is 9.48 Å². The third-order valence-electron chi connectivity index (χ3n) is 6.54. The number of carbonyl (C=O) groups is 1. The van der Waals surface area contributed by atoms with Crippen molar-refractivity contribution < 1.29 is 14.3 Å². The second kappa shape index (κ2) is 8.71. The molecule has 1 amide bonds. The lowest BCUT2D eigenvalue weighted by Gasteiger charge is -2.45. The molecule has 1 atom stereocenters. The summed E-state index contributed by atoms with van der Waals surface area (Å²) in [5.41, 5.74) is 3.15. The summed E-state index contributed by atoms with van der Waals surface area (Å²) in [5.74, 6) is 0.216. The third-order valence-corrected chi connectivity index (χ3v) is 6.54. The molecule has 8 nitrogen and oxygen atoms in total. The molecule has 2 aromatic heterocycles. The van der Waals surface area contributed by atoms with Crippen molar-refractivity contribution in [2.75, 3.05) is 19.7 Å². The minimum absolute atomic E-state index is 0.0555. The van der Waals surface area contributed by atoms with Crippen LogP contribution in [0.25, 0.3) is 0 Å². The highest BCUT2D eigenvalue weighted by atomic mass is 16.5. The number of nitrogens with zero attached hydrogens (tertiary/aromatic N) is 5. The number of amides is 1. The van der Waals surface area contributed by atoms with Gasteiger partial charge in [-0.1, -0.05) is 0 Å². The fourth-order valence-electron chi connectivity index (χ4n) is 4.66. The van der Waals surface area contributed by atoms with Crippen molar-refractivity contribution in [1.82, 2.24) is 24.6 Å². The van der Waals surface area contributed by atoms with E-state index in [0.29, 0.717) is 19.0 Å². The maximum absolute atomic E-state index is 12.8. The van der Waals surface area contributed by atoms with Gasteiger partial charge in [0.05, 0.1) is 17.9 Å². The Balaban J connectivity index is 1.29. The lowest BCUT2D eigenvalue weighted by molar-refractivity contribution is -0.151. The number of piperidine rings is 1. The predicted octanol–water partition coefficient (Wildman–Crippen LogP) is 2.38. The van der Waals surface area contributed by atoms with E-state index in [9.17, 15) is 4.79 Å². The van der Waals surface area contributed by atoms with Gasteiger partial charge in [-0.2, -0.15) is 5.10 Å². The Kier molecular flexibility index (Phi) is 6.04. The molecule has 4 heterocycles. The van der Waals surface area contributed by atoms with Crippen LogP contribution in [0.2, 0.25) is 0 Å². The van der Waals surface area contributed by atoms with E-state index in [1.54, 1.807) is 18.5 Å². The fraction of sp³-hybridized carbons (Fsp3) is 0.636. The van der Waals surface area contributed by atoms with Crippen LogP contribution < -0.4 is 4.74 Å². The molecule has 1 spiro atoms. The van der Waals surface area contributed by atoms with Crippen LogP contribution in [0, 0.1) is 13.8 Å². The van der Waals surface area contributed by atoms with E-state index in [2.05, 4.69) is 22.0 Å². The van der Waals surface area contributed by atoms with Crippen LogP contribution in [0.3, 0.4) is 0 Å². The first kappa shape index (κ1) is 20.8. The first-order valence-corrected chi connectivity index (χ1v) is 10.8. The summed E-state index contributed by atoms with van der Waals surface area (Å²) in [5, 5.41) is 4.45. The van der Waals surface area contributed by atoms with Gasteiger partial charge < -0.3 is 14.4 Å². The number of ether oxygens (including phenoxy) is 2. The number of aryl methyl sites for hydroxylation is 2. The normalized spacial score (nSPS) is 21.0. The third kappa shape index (κ3) is 4.48. The Hall–Kier alpha value is -2.48. The first-order valence-electron chi connectivity index (χ1n) is 10.8. The molecule has 162 valence electrons. The quantitative estimate of drug-likeness (QED) is 0.749. The monoisotopic (exact) mass is 413 g/mol. The van der Waals surface area contributed by atoms with Gasteiger partial charge >= 0.3 is 6.01 Å². The Morgan fingerprint density at radius 2 is 2.00 bits per heavy atom. The largest absolute Gasteiger partial charge is 0.460 e. The summed E-state index contributed by atoms with van der Waals surface area (Å²) in [6.07, 6.45) is 8.06. The van der Waals surface area contributed by atoms with Crippen LogP contribution in [-0.4, -0.2) is 62.0 Å². The molecule has 0 radical (unpaired) electrons. The molecule has 4 rings (SSSR count).